The maximum absolute atomic E-state index is 14.3. The lowest BCUT2D eigenvalue weighted by Crippen LogP contribution is -2.56. The quantitative estimate of drug-likeness (QED) is 0.189. The second kappa shape index (κ2) is 11.0. The predicted octanol–water partition coefficient (Wildman–Crippen LogP) is 6.22. The Morgan fingerprint density at radius 1 is 0.905 bits per heavy atom. The first kappa shape index (κ1) is 29.5. The Morgan fingerprint density at radius 3 is 2.10 bits per heavy atom. The largest absolute Gasteiger partial charge is 0.418 e. The van der Waals surface area contributed by atoms with Crippen LogP contribution in [0.5, 0.6) is 0 Å². The van der Waals surface area contributed by atoms with Gasteiger partial charge in [-0.15, -0.1) is 11.6 Å². The fourth-order valence-corrected chi connectivity index (χ4v) is 6.69. The number of hydrogen-bond acceptors (Lipinski definition) is 4. The average Bonchev–Trinajstić information content (AvgIpc) is 3.18. The third kappa shape index (κ3) is 5.33. The standard InChI is InChI=1S/C31H24ClF3N2O4S/c1-20-15-17-23(18-16-20)42(40,41)36-28(27(38)22-11-6-3-7-12-22)30(32)24-13-8-14-25(31(33,34)35)26(24)37(29(30)39)19-21-9-4-2-5-10-21/h2-18,28,36H,19H2,1H3/t28?,30-/m1/s1. The number of sulfonamides is 1. The van der Waals surface area contributed by atoms with Gasteiger partial charge in [0.05, 0.1) is 22.7 Å². The third-order valence-corrected chi connectivity index (χ3v) is 9.09. The highest BCUT2D eigenvalue weighted by Gasteiger charge is 2.60. The lowest BCUT2D eigenvalue weighted by molar-refractivity contribution is -0.137. The molecule has 0 spiro atoms. The molecule has 0 aliphatic carbocycles. The number of fused-ring (bicyclic) bond motifs is 1. The van der Waals surface area contributed by atoms with E-state index in [0.29, 0.717) is 5.56 Å². The first-order valence-corrected chi connectivity index (χ1v) is 14.6. The molecule has 1 heterocycles. The number of halogens is 4. The molecule has 1 N–H and O–H groups in total. The zero-order chi connectivity index (χ0) is 30.3. The van der Waals surface area contributed by atoms with Crippen molar-refractivity contribution < 1.29 is 31.2 Å². The van der Waals surface area contributed by atoms with Crippen LogP contribution in [0.1, 0.15) is 32.6 Å². The SMILES string of the molecule is Cc1ccc(S(=O)(=O)NC(C(=O)c2ccccc2)[C@@]2(Cl)C(=O)N(Cc3ccccc3)c3c(C(F)(F)F)cccc32)cc1. The van der Waals surface area contributed by atoms with E-state index in [0.717, 1.165) is 22.6 Å². The summed E-state index contributed by atoms with van der Waals surface area (Å²) >= 11 is 7.06. The summed E-state index contributed by atoms with van der Waals surface area (Å²) in [5, 5.41) is 0. The van der Waals surface area contributed by atoms with E-state index in [9.17, 15) is 31.2 Å². The Labute approximate surface area is 245 Å². The number of para-hydroxylation sites is 1. The van der Waals surface area contributed by atoms with Crippen LogP contribution < -0.4 is 9.62 Å². The number of amides is 1. The Balaban J connectivity index is 1.72. The van der Waals surface area contributed by atoms with Gasteiger partial charge in [-0.25, -0.2) is 8.42 Å². The first-order valence-electron chi connectivity index (χ1n) is 12.8. The lowest BCUT2D eigenvalue weighted by Gasteiger charge is -2.31. The summed E-state index contributed by atoms with van der Waals surface area (Å²) in [5.41, 5.74) is -0.720. The molecular formula is C31H24ClF3N2O4S. The first-order chi connectivity index (χ1) is 19.8. The van der Waals surface area contributed by atoms with Gasteiger partial charge in [0.2, 0.25) is 10.0 Å². The van der Waals surface area contributed by atoms with Crippen molar-refractivity contribution in [1.29, 1.82) is 0 Å². The van der Waals surface area contributed by atoms with Crippen LogP contribution in [0.2, 0.25) is 0 Å². The van der Waals surface area contributed by atoms with Gasteiger partial charge in [-0.05, 0) is 30.7 Å². The number of hydrogen-bond donors (Lipinski definition) is 1. The number of carbonyl (C=O) groups is 2. The molecule has 4 aromatic rings. The number of nitrogens with one attached hydrogen (secondary N) is 1. The molecule has 0 saturated carbocycles. The molecule has 6 nitrogen and oxygen atoms in total. The molecule has 1 amide bonds. The molecule has 1 aliphatic heterocycles. The van der Waals surface area contributed by atoms with Crippen molar-refractivity contribution in [1.82, 2.24) is 4.72 Å². The molecule has 42 heavy (non-hydrogen) atoms. The molecule has 0 saturated heterocycles. The summed E-state index contributed by atoms with van der Waals surface area (Å²) in [4.78, 5) is 26.3. The van der Waals surface area contributed by atoms with E-state index in [2.05, 4.69) is 4.72 Å². The van der Waals surface area contributed by atoms with Gasteiger partial charge in [0, 0.05) is 11.1 Å². The van der Waals surface area contributed by atoms with Crippen LogP contribution in [0, 0.1) is 6.92 Å². The van der Waals surface area contributed by atoms with Gasteiger partial charge in [-0.3, -0.25) is 9.59 Å². The summed E-state index contributed by atoms with van der Waals surface area (Å²) in [6.45, 7) is 1.46. The Morgan fingerprint density at radius 2 is 1.50 bits per heavy atom. The van der Waals surface area contributed by atoms with Crippen LogP contribution in [0.25, 0.3) is 0 Å². The van der Waals surface area contributed by atoms with E-state index >= 15 is 0 Å². The Kier molecular flexibility index (Phi) is 7.74. The third-order valence-electron chi connectivity index (χ3n) is 7.07. The predicted molar refractivity (Wildman–Crippen MR) is 153 cm³/mol. The van der Waals surface area contributed by atoms with Gasteiger partial charge in [-0.2, -0.15) is 17.9 Å². The van der Waals surface area contributed by atoms with Gasteiger partial charge in [0.15, 0.2) is 10.7 Å². The molecule has 0 bridgehead atoms. The number of anilines is 1. The number of Topliss-reactive ketones (excluding diaryl/α,β-unsaturated/α-hetero) is 1. The van der Waals surface area contributed by atoms with Crippen molar-refractivity contribution in [3.8, 4) is 0 Å². The minimum Gasteiger partial charge on any atom is -0.305 e. The maximum Gasteiger partial charge on any atom is 0.418 e. The van der Waals surface area contributed by atoms with E-state index in [4.69, 9.17) is 11.6 Å². The van der Waals surface area contributed by atoms with Gasteiger partial charge < -0.3 is 4.90 Å². The summed E-state index contributed by atoms with van der Waals surface area (Å²) in [7, 11) is -4.49. The highest BCUT2D eigenvalue weighted by atomic mass is 35.5. The number of ketones is 1. The number of carbonyl (C=O) groups excluding carboxylic acids is 2. The van der Waals surface area contributed by atoms with Crippen molar-refractivity contribution in [2.45, 2.75) is 35.5 Å². The van der Waals surface area contributed by atoms with Gasteiger partial charge in [0.25, 0.3) is 5.91 Å². The van der Waals surface area contributed by atoms with E-state index < -0.39 is 50.1 Å². The number of nitrogens with zero attached hydrogens (tertiary/aromatic N) is 1. The molecule has 0 fully saturated rings. The summed E-state index contributed by atoms with van der Waals surface area (Å²) in [6, 6.07) is 22.6. The number of aryl methyl sites for hydroxylation is 1. The van der Waals surface area contributed by atoms with Crippen molar-refractivity contribution in [2.24, 2.45) is 0 Å². The molecule has 5 rings (SSSR count). The fraction of sp³-hybridized carbons (Fsp3) is 0.161. The maximum atomic E-state index is 14.3. The fourth-order valence-electron chi connectivity index (χ4n) is 4.99. The van der Waals surface area contributed by atoms with Crippen LogP contribution in [-0.2, 0) is 32.4 Å². The minimum absolute atomic E-state index is 0.0111. The molecule has 1 unspecified atom stereocenters. The number of rotatable bonds is 8. The summed E-state index contributed by atoms with van der Waals surface area (Å²) < 4.78 is 72.4. The van der Waals surface area contributed by atoms with E-state index in [-0.39, 0.29) is 22.6 Å². The molecule has 4 aromatic carbocycles. The lowest BCUT2D eigenvalue weighted by atomic mass is 9.86. The summed E-state index contributed by atoms with van der Waals surface area (Å²) in [6.07, 6.45) is -4.89. The van der Waals surface area contributed by atoms with Crippen molar-refractivity contribution >= 4 is 39.0 Å². The van der Waals surface area contributed by atoms with Gasteiger partial charge in [0.1, 0.15) is 6.04 Å². The monoisotopic (exact) mass is 612 g/mol. The highest BCUT2D eigenvalue weighted by Crippen LogP contribution is 2.52. The van der Waals surface area contributed by atoms with Gasteiger partial charge in [-0.1, -0.05) is 90.5 Å². The zero-order valence-electron chi connectivity index (χ0n) is 22.1. The second-order valence-corrected chi connectivity index (χ2v) is 12.2. The van der Waals surface area contributed by atoms with Crippen LogP contribution in [0.3, 0.4) is 0 Å². The van der Waals surface area contributed by atoms with Crippen LogP contribution in [-0.4, -0.2) is 26.2 Å². The molecule has 11 heteroatoms. The average molecular weight is 613 g/mol. The van der Waals surface area contributed by atoms with Crippen LogP contribution in [0.15, 0.2) is 108 Å². The van der Waals surface area contributed by atoms with Crippen molar-refractivity contribution in [2.75, 3.05) is 4.90 Å². The van der Waals surface area contributed by atoms with Crippen LogP contribution >= 0.6 is 11.6 Å². The normalized spacial score (nSPS) is 17.6. The van der Waals surface area contributed by atoms with Crippen LogP contribution in [0.4, 0.5) is 18.9 Å². The Hall–Kier alpha value is -3.99. The smallest absolute Gasteiger partial charge is 0.305 e. The Bertz CT molecular complexity index is 1750. The summed E-state index contributed by atoms with van der Waals surface area (Å²) in [5.74, 6) is -1.96. The highest BCUT2D eigenvalue weighted by molar-refractivity contribution is 7.89. The number of benzene rings is 4. The zero-order valence-corrected chi connectivity index (χ0v) is 23.7. The number of alkyl halides is 4. The second-order valence-electron chi connectivity index (χ2n) is 9.89. The van der Waals surface area contributed by atoms with E-state index in [1.54, 1.807) is 55.5 Å². The molecule has 1 aliphatic rings. The van der Waals surface area contributed by atoms with E-state index in [1.807, 2.05) is 0 Å². The molecular weight excluding hydrogens is 589 g/mol. The van der Waals surface area contributed by atoms with E-state index in [1.165, 1.54) is 42.5 Å². The van der Waals surface area contributed by atoms with Gasteiger partial charge >= 0.3 is 6.18 Å². The van der Waals surface area contributed by atoms with Crippen molar-refractivity contribution in [3.63, 3.8) is 0 Å². The molecule has 216 valence electrons. The minimum atomic E-state index is -4.89. The topological polar surface area (TPSA) is 83.5 Å². The molecule has 0 radical (unpaired) electrons. The molecule has 0 aromatic heterocycles. The van der Waals surface area contributed by atoms with Crippen molar-refractivity contribution in [3.05, 3.63) is 131 Å². The molecule has 2 atom stereocenters.